The fourth-order valence-electron chi connectivity index (χ4n) is 7.08. The number of fused-ring (bicyclic) bond motifs is 3. The fraction of sp³-hybridized carbons (Fsp3) is 0.394. The number of rotatable bonds is 8. The summed E-state index contributed by atoms with van der Waals surface area (Å²) in [5.74, 6) is -9.05. The number of primary amides is 1. The molecular formula is C33H36Cl4N4O13. The minimum atomic E-state index is -2.78. The number of phenolic OH excluding ortho intramolecular Hbond substituents is 1. The van der Waals surface area contributed by atoms with E-state index in [-0.39, 0.29) is 40.7 Å². The number of Topliss-reactive ketones (excluding diaryl/α,β-unsaturated/α-hetero) is 2. The van der Waals surface area contributed by atoms with Gasteiger partial charge in [-0.15, -0.1) is 12.4 Å². The number of halogens is 4. The van der Waals surface area contributed by atoms with Crippen molar-refractivity contribution in [2.45, 2.75) is 47.6 Å². The number of aromatic hydroxyl groups is 1. The van der Waals surface area contributed by atoms with Gasteiger partial charge in [0.05, 0.1) is 34.8 Å². The molecule has 0 heterocycles. The molecule has 3 aliphatic rings. The van der Waals surface area contributed by atoms with Crippen molar-refractivity contribution in [3.63, 3.8) is 0 Å². The molecule has 0 saturated heterocycles. The number of aliphatic hydroxyl groups is 6. The average Bonchev–Trinajstić information content (AvgIpc) is 3.08. The number of nitrogens with one attached hydrogen (secondary N) is 1. The Bertz CT molecular complexity index is 1940. The minimum absolute atomic E-state index is 0. The summed E-state index contributed by atoms with van der Waals surface area (Å²) in [6.45, 7) is 0.788. The largest absolute Gasteiger partial charge is 0.510 e. The predicted molar refractivity (Wildman–Crippen MR) is 194 cm³/mol. The number of nitrogens with zero attached hydrogens (tertiary/aromatic N) is 2. The van der Waals surface area contributed by atoms with Crippen LogP contribution in [-0.2, 0) is 20.0 Å². The topological polar surface area (TPSA) is 294 Å². The van der Waals surface area contributed by atoms with Gasteiger partial charge in [0.2, 0.25) is 5.78 Å². The number of nitro benzene ring substituents is 1. The Morgan fingerprint density at radius 3 is 2.15 bits per heavy atom. The lowest BCUT2D eigenvalue weighted by atomic mass is 9.55. The molecule has 3 aliphatic carbocycles. The van der Waals surface area contributed by atoms with Crippen molar-refractivity contribution in [2.75, 3.05) is 20.7 Å². The lowest BCUT2D eigenvalue weighted by molar-refractivity contribution is -0.384. The van der Waals surface area contributed by atoms with Gasteiger partial charge in [0.25, 0.3) is 17.5 Å². The first-order chi connectivity index (χ1) is 24.5. The van der Waals surface area contributed by atoms with Crippen LogP contribution in [0.25, 0.3) is 0 Å². The number of aliphatic hydroxyl groups excluding tert-OH is 4. The van der Waals surface area contributed by atoms with Gasteiger partial charge < -0.3 is 46.8 Å². The van der Waals surface area contributed by atoms with E-state index in [0.29, 0.717) is 5.56 Å². The number of phenols is 1. The zero-order chi connectivity index (χ0) is 40.1. The second-order valence-corrected chi connectivity index (χ2v) is 14.5. The lowest BCUT2D eigenvalue weighted by Crippen LogP contribution is -2.65. The first-order valence-corrected chi connectivity index (χ1v) is 16.8. The van der Waals surface area contributed by atoms with Crippen molar-refractivity contribution in [3.05, 3.63) is 90.9 Å². The van der Waals surface area contributed by atoms with Crippen LogP contribution in [-0.4, -0.2) is 112 Å². The van der Waals surface area contributed by atoms with Crippen molar-refractivity contribution in [2.24, 2.45) is 17.6 Å². The van der Waals surface area contributed by atoms with Gasteiger partial charge in [-0.1, -0.05) is 34.8 Å². The monoisotopic (exact) mass is 836 g/mol. The highest BCUT2D eigenvalue weighted by Crippen LogP contribution is 2.57. The van der Waals surface area contributed by atoms with E-state index in [9.17, 15) is 59.9 Å². The molecule has 0 radical (unpaired) electrons. The first-order valence-electron chi connectivity index (χ1n) is 15.6. The first kappa shape index (κ1) is 44.4. The molecule has 21 heteroatoms. The molecule has 294 valence electrons. The van der Waals surface area contributed by atoms with E-state index in [0.717, 1.165) is 6.07 Å². The van der Waals surface area contributed by atoms with Crippen LogP contribution in [0.4, 0.5) is 5.69 Å². The maximum atomic E-state index is 13.4. The Hall–Kier alpha value is -4.04. The van der Waals surface area contributed by atoms with Crippen LogP contribution in [0.3, 0.4) is 0 Å². The second-order valence-electron chi connectivity index (χ2n) is 13.0. The standard InChI is InChI=1S/C22H23ClN2O8.C11H12Cl2N2O5.ClH/c1-21(32)7-6-8-15(25(2)3)17(28)13(20(24)31)19(30)22(8,33)18(29)11(7)16(27)12-10(26)5-4-9(23)14(12)21;12-10(13)11(18)14-8(5-16)9(17)6-1-3-7(4-2-6)15(19)20;/h4-5,7-8,15,26,28-29,32-33H,6H2,1-3H3,(H2,24,31);1-4,8-10,16-17H,5H2,(H,14,18);1H/t7-,8-,15-,21-,22-;8-,9-;/m01./s1. The van der Waals surface area contributed by atoms with Gasteiger partial charge in [-0.3, -0.25) is 34.2 Å². The zero-order valence-electron chi connectivity index (χ0n) is 28.4. The molecular weight excluding hydrogens is 802 g/mol. The minimum Gasteiger partial charge on any atom is -0.510 e. The van der Waals surface area contributed by atoms with Crippen molar-refractivity contribution < 1.29 is 59.8 Å². The summed E-state index contributed by atoms with van der Waals surface area (Å²) in [6, 6.07) is 5.35. The Kier molecular flexibility index (Phi) is 13.4. The third-order valence-electron chi connectivity index (χ3n) is 9.62. The maximum Gasteiger partial charge on any atom is 0.269 e. The molecule has 0 saturated carbocycles. The van der Waals surface area contributed by atoms with Crippen LogP contribution in [0.1, 0.15) is 40.9 Å². The molecule has 54 heavy (non-hydrogen) atoms. The van der Waals surface area contributed by atoms with Crippen LogP contribution < -0.4 is 11.1 Å². The van der Waals surface area contributed by atoms with Gasteiger partial charge in [0.1, 0.15) is 28.9 Å². The SMILES string of the molecule is CN(C)[C@@H]1C(O)=C(C(N)=O)C(=O)[C@@]2(O)C(O)=C3C(=O)c4c(O)ccc(Cl)c4[C@@](C)(O)[C@H]3C[C@@H]12.Cl.O=C(N[C@H](CO)[C@H](O)c1ccc([N+](=O)[O-])cc1)C(Cl)Cl. The van der Waals surface area contributed by atoms with Crippen LogP contribution in [0.2, 0.25) is 5.02 Å². The van der Waals surface area contributed by atoms with E-state index in [1.165, 1.54) is 56.3 Å². The molecule has 2 aromatic rings. The van der Waals surface area contributed by atoms with Crippen LogP contribution in [0, 0.1) is 22.0 Å². The number of hydrogen-bond acceptors (Lipinski definition) is 14. The molecule has 0 unspecified atom stereocenters. The summed E-state index contributed by atoms with van der Waals surface area (Å²) in [5.41, 5.74) is -1.04. The van der Waals surface area contributed by atoms with Crippen molar-refractivity contribution >= 4 is 76.3 Å². The lowest BCUT2D eigenvalue weighted by Gasteiger charge is -2.52. The van der Waals surface area contributed by atoms with Gasteiger partial charge in [0.15, 0.2) is 16.2 Å². The number of carbonyl (C=O) groups excluding carboxylic acids is 4. The third kappa shape index (κ3) is 7.47. The molecule has 5 rings (SSSR count). The molecule has 0 spiro atoms. The van der Waals surface area contributed by atoms with E-state index in [4.69, 9.17) is 45.6 Å². The number of hydrogen-bond donors (Lipinski definition) is 9. The molecule has 7 atom stereocenters. The van der Waals surface area contributed by atoms with E-state index < -0.39 is 109 Å². The van der Waals surface area contributed by atoms with Crippen LogP contribution >= 0.6 is 47.2 Å². The number of nitro groups is 1. The summed E-state index contributed by atoms with van der Waals surface area (Å²) in [7, 11) is 3.03. The van der Waals surface area contributed by atoms with Crippen LogP contribution in [0.5, 0.6) is 5.75 Å². The molecule has 0 bridgehead atoms. The quantitative estimate of drug-likeness (QED) is 0.0793. The Balaban J connectivity index is 0.000000322. The summed E-state index contributed by atoms with van der Waals surface area (Å²) < 4.78 is 0. The molecule has 2 amide bonds. The number of non-ortho nitro benzene ring substituents is 1. The Morgan fingerprint density at radius 2 is 1.67 bits per heavy atom. The number of ketones is 2. The number of nitrogens with two attached hydrogens (primary N) is 1. The number of amides is 2. The van der Waals surface area contributed by atoms with E-state index >= 15 is 0 Å². The summed E-state index contributed by atoms with van der Waals surface area (Å²) in [4.78, 5) is 59.9. The van der Waals surface area contributed by atoms with Gasteiger partial charge in [-0.25, -0.2) is 0 Å². The molecule has 0 aliphatic heterocycles. The molecule has 17 nitrogen and oxygen atoms in total. The molecule has 2 aromatic carbocycles. The van der Waals surface area contributed by atoms with Gasteiger partial charge in [-0.05, 0) is 57.3 Å². The van der Waals surface area contributed by atoms with E-state index in [1.54, 1.807) is 0 Å². The maximum absolute atomic E-state index is 13.4. The van der Waals surface area contributed by atoms with Crippen molar-refractivity contribution in [3.8, 4) is 5.75 Å². The summed E-state index contributed by atoms with van der Waals surface area (Å²) in [6.07, 6.45) is -1.51. The number of carbonyl (C=O) groups is 4. The van der Waals surface area contributed by atoms with Crippen molar-refractivity contribution in [1.82, 2.24) is 10.2 Å². The molecule has 0 aromatic heterocycles. The van der Waals surface area contributed by atoms with Gasteiger partial charge in [-0.2, -0.15) is 0 Å². The zero-order valence-corrected chi connectivity index (χ0v) is 31.5. The number of alkyl halides is 2. The summed E-state index contributed by atoms with van der Waals surface area (Å²) in [5, 5.41) is 87.2. The van der Waals surface area contributed by atoms with Gasteiger partial charge in [0, 0.05) is 40.1 Å². The Labute approximate surface area is 327 Å². The number of benzene rings is 2. The second kappa shape index (κ2) is 16.4. The normalized spacial score (nSPS) is 25.7. The van der Waals surface area contributed by atoms with E-state index in [1.807, 2.05) is 0 Å². The van der Waals surface area contributed by atoms with Crippen LogP contribution in [0.15, 0.2) is 59.1 Å². The van der Waals surface area contributed by atoms with Gasteiger partial charge >= 0.3 is 0 Å². The predicted octanol–water partition coefficient (Wildman–Crippen LogP) is 1.77. The number of likely N-dealkylation sites (N-methyl/N-ethyl adjacent to an activating group) is 1. The highest BCUT2D eigenvalue weighted by molar-refractivity contribution is 6.53. The third-order valence-corrected chi connectivity index (χ3v) is 10.3. The smallest absolute Gasteiger partial charge is 0.269 e. The highest BCUT2D eigenvalue weighted by atomic mass is 35.5. The average molecular weight is 838 g/mol. The van der Waals surface area contributed by atoms with Crippen molar-refractivity contribution in [1.29, 1.82) is 0 Å². The summed E-state index contributed by atoms with van der Waals surface area (Å²) >= 11 is 17.0. The fourth-order valence-corrected chi connectivity index (χ4v) is 7.56. The van der Waals surface area contributed by atoms with E-state index in [2.05, 4.69) is 5.32 Å². The molecule has 10 N–H and O–H groups in total. The molecule has 0 fully saturated rings. The highest BCUT2D eigenvalue weighted by Gasteiger charge is 2.65. The Morgan fingerprint density at radius 1 is 1.09 bits per heavy atom.